The van der Waals surface area contributed by atoms with Gasteiger partial charge in [0.15, 0.2) is 11.5 Å². The summed E-state index contributed by atoms with van der Waals surface area (Å²) in [5.74, 6) is 1.92. The van der Waals surface area contributed by atoms with Crippen LogP contribution in [0.5, 0.6) is 17.2 Å². The van der Waals surface area contributed by atoms with Crippen molar-refractivity contribution >= 4 is 11.6 Å². The molecular weight excluding hydrogens is 294 g/mol. The number of hydrogen-bond donors (Lipinski definition) is 0. The molecule has 0 radical (unpaired) electrons. The minimum atomic E-state index is -0.0139. The summed E-state index contributed by atoms with van der Waals surface area (Å²) in [6, 6.07) is 9.57. The van der Waals surface area contributed by atoms with Crippen LogP contribution >= 0.6 is 0 Å². The predicted molar refractivity (Wildman–Crippen MR) is 88.4 cm³/mol. The maximum Gasteiger partial charge on any atom is 0.224 e. The van der Waals surface area contributed by atoms with E-state index in [2.05, 4.69) is 0 Å². The molecule has 0 aromatic heterocycles. The van der Waals surface area contributed by atoms with Crippen molar-refractivity contribution in [1.29, 1.82) is 0 Å². The number of anilines is 1. The molecule has 0 fully saturated rings. The maximum absolute atomic E-state index is 12.1. The first-order valence-corrected chi connectivity index (χ1v) is 7.31. The molecule has 0 unspecified atom stereocenters. The van der Waals surface area contributed by atoms with Crippen molar-refractivity contribution in [3.05, 3.63) is 35.9 Å². The molecule has 3 rings (SSSR count). The molecule has 5 heteroatoms. The third kappa shape index (κ3) is 2.29. The summed E-state index contributed by atoms with van der Waals surface area (Å²) >= 11 is 0. The van der Waals surface area contributed by atoms with Gasteiger partial charge in [0.1, 0.15) is 5.75 Å². The van der Waals surface area contributed by atoms with Gasteiger partial charge in [-0.25, -0.2) is 0 Å². The number of amides is 1. The van der Waals surface area contributed by atoms with Gasteiger partial charge in [0, 0.05) is 29.7 Å². The SMILES string of the molecule is COc1cc(OC)c(OC)c2c1CN(C(C)=O)c1ccccc1-2. The number of carbonyl (C=O) groups excluding carboxylic acids is 1. The van der Waals surface area contributed by atoms with Crippen LogP contribution in [0.4, 0.5) is 5.69 Å². The molecule has 1 heterocycles. The minimum absolute atomic E-state index is 0.0139. The number of fused-ring (bicyclic) bond motifs is 3. The highest BCUT2D eigenvalue weighted by atomic mass is 16.5. The molecule has 1 amide bonds. The molecule has 0 spiro atoms. The van der Waals surface area contributed by atoms with E-state index in [1.54, 1.807) is 39.2 Å². The van der Waals surface area contributed by atoms with Gasteiger partial charge in [0.05, 0.1) is 33.6 Å². The van der Waals surface area contributed by atoms with Gasteiger partial charge in [0.2, 0.25) is 5.91 Å². The highest BCUT2D eigenvalue weighted by Crippen LogP contribution is 2.51. The Morgan fingerprint density at radius 2 is 1.74 bits per heavy atom. The first-order valence-electron chi connectivity index (χ1n) is 7.31. The maximum atomic E-state index is 12.1. The number of benzene rings is 2. The summed E-state index contributed by atoms with van der Waals surface area (Å²) in [5, 5.41) is 0. The Morgan fingerprint density at radius 1 is 1.04 bits per heavy atom. The van der Waals surface area contributed by atoms with Gasteiger partial charge < -0.3 is 19.1 Å². The number of methoxy groups -OCH3 is 3. The predicted octanol–water partition coefficient (Wildman–Crippen LogP) is 3.25. The molecule has 2 aromatic rings. The van der Waals surface area contributed by atoms with E-state index in [0.717, 1.165) is 22.4 Å². The Bertz CT molecular complexity index is 770. The number of rotatable bonds is 3. The van der Waals surface area contributed by atoms with Crippen LogP contribution in [0, 0.1) is 0 Å². The van der Waals surface area contributed by atoms with E-state index in [9.17, 15) is 4.79 Å². The normalized spacial score (nSPS) is 12.3. The molecule has 1 aliphatic rings. The zero-order chi connectivity index (χ0) is 16.6. The molecule has 23 heavy (non-hydrogen) atoms. The molecule has 0 saturated heterocycles. The summed E-state index contributed by atoms with van der Waals surface area (Å²) < 4.78 is 16.6. The zero-order valence-electron chi connectivity index (χ0n) is 13.7. The number of hydrogen-bond acceptors (Lipinski definition) is 4. The Balaban J connectivity index is 2.37. The fourth-order valence-electron chi connectivity index (χ4n) is 3.08. The quantitative estimate of drug-likeness (QED) is 0.873. The Kier molecular flexibility index (Phi) is 3.86. The van der Waals surface area contributed by atoms with Gasteiger partial charge in [-0.3, -0.25) is 4.79 Å². The third-order valence-corrected chi connectivity index (χ3v) is 4.12. The largest absolute Gasteiger partial charge is 0.496 e. The van der Waals surface area contributed by atoms with Gasteiger partial charge in [-0.15, -0.1) is 0 Å². The van der Waals surface area contributed by atoms with Crippen molar-refractivity contribution in [3.8, 4) is 28.4 Å². The van der Waals surface area contributed by atoms with Crippen molar-refractivity contribution in [2.24, 2.45) is 0 Å². The second-order valence-electron chi connectivity index (χ2n) is 5.29. The van der Waals surface area contributed by atoms with Crippen molar-refractivity contribution < 1.29 is 19.0 Å². The second kappa shape index (κ2) is 5.83. The van der Waals surface area contributed by atoms with Crippen LogP contribution < -0.4 is 19.1 Å². The topological polar surface area (TPSA) is 48.0 Å². The lowest BCUT2D eigenvalue weighted by Gasteiger charge is -2.32. The van der Waals surface area contributed by atoms with Crippen molar-refractivity contribution in [1.82, 2.24) is 0 Å². The van der Waals surface area contributed by atoms with Crippen LogP contribution in [-0.4, -0.2) is 27.2 Å². The van der Waals surface area contributed by atoms with E-state index >= 15 is 0 Å². The number of ether oxygens (including phenoxy) is 3. The summed E-state index contributed by atoms with van der Waals surface area (Å²) in [4.78, 5) is 13.8. The van der Waals surface area contributed by atoms with E-state index in [-0.39, 0.29) is 5.91 Å². The molecule has 5 nitrogen and oxygen atoms in total. The summed E-state index contributed by atoms with van der Waals surface area (Å²) in [6.45, 7) is 2.00. The van der Waals surface area contributed by atoms with Gasteiger partial charge in [-0.1, -0.05) is 18.2 Å². The van der Waals surface area contributed by atoms with Gasteiger partial charge >= 0.3 is 0 Å². The van der Waals surface area contributed by atoms with Gasteiger partial charge in [-0.2, -0.15) is 0 Å². The first-order chi connectivity index (χ1) is 11.1. The van der Waals surface area contributed by atoms with E-state index in [0.29, 0.717) is 23.8 Å². The molecule has 120 valence electrons. The fourth-order valence-corrected chi connectivity index (χ4v) is 3.08. The molecule has 2 aromatic carbocycles. The van der Waals surface area contributed by atoms with Crippen molar-refractivity contribution in [2.75, 3.05) is 26.2 Å². The van der Waals surface area contributed by atoms with Crippen LogP contribution in [0.15, 0.2) is 30.3 Å². The van der Waals surface area contributed by atoms with Crippen LogP contribution in [0.1, 0.15) is 12.5 Å². The molecule has 0 N–H and O–H groups in total. The zero-order valence-corrected chi connectivity index (χ0v) is 13.7. The lowest BCUT2D eigenvalue weighted by molar-refractivity contribution is -0.116. The average molecular weight is 313 g/mol. The second-order valence-corrected chi connectivity index (χ2v) is 5.29. The summed E-state index contributed by atoms with van der Waals surface area (Å²) in [7, 11) is 4.82. The monoisotopic (exact) mass is 313 g/mol. The minimum Gasteiger partial charge on any atom is -0.496 e. The lowest BCUT2D eigenvalue weighted by atomic mass is 9.91. The Hall–Kier alpha value is -2.69. The van der Waals surface area contributed by atoms with Crippen LogP contribution in [0.2, 0.25) is 0 Å². The molecular formula is C18H19NO4. The Morgan fingerprint density at radius 3 is 2.35 bits per heavy atom. The van der Waals surface area contributed by atoms with E-state index in [4.69, 9.17) is 14.2 Å². The standard InChI is InChI=1S/C18H19NO4/c1-11(20)19-10-13-15(21-2)9-16(22-3)18(23-4)17(13)12-7-5-6-8-14(12)19/h5-9H,10H2,1-4H3. The smallest absolute Gasteiger partial charge is 0.224 e. The molecule has 1 aliphatic heterocycles. The highest BCUT2D eigenvalue weighted by Gasteiger charge is 2.31. The van der Waals surface area contributed by atoms with E-state index in [1.165, 1.54) is 0 Å². The molecule has 0 atom stereocenters. The number of carbonyl (C=O) groups is 1. The first kappa shape index (κ1) is 15.2. The number of nitrogens with zero attached hydrogens (tertiary/aromatic N) is 1. The number of para-hydroxylation sites is 1. The lowest BCUT2D eigenvalue weighted by Crippen LogP contribution is -2.31. The van der Waals surface area contributed by atoms with Gasteiger partial charge in [-0.05, 0) is 6.07 Å². The van der Waals surface area contributed by atoms with Crippen molar-refractivity contribution in [3.63, 3.8) is 0 Å². The van der Waals surface area contributed by atoms with Crippen LogP contribution in [-0.2, 0) is 11.3 Å². The molecule has 0 bridgehead atoms. The average Bonchev–Trinajstić information content (AvgIpc) is 2.59. The Labute approximate surface area is 135 Å². The molecule has 0 aliphatic carbocycles. The van der Waals surface area contributed by atoms with E-state index < -0.39 is 0 Å². The third-order valence-electron chi connectivity index (χ3n) is 4.12. The highest BCUT2D eigenvalue weighted by molar-refractivity contribution is 6.01. The van der Waals surface area contributed by atoms with E-state index in [1.807, 2.05) is 24.3 Å². The van der Waals surface area contributed by atoms with Crippen LogP contribution in [0.3, 0.4) is 0 Å². The van der Waals surface area contributed by atoms with Crippen LogP contribution in [0.25, 0.3) is 11.1 Å². The molecule has 0 saturated carbocycles. The summed E-state index contributed by atoms with van der Waals surface area (Å²) in [5.41, 5.74) is 3.62. The van der Waals surface area contributed by atoms with Crippen molar-refractivity contribution in [2.45, 2.75) is 13.5 Å². The van der Waals surface area contributed by atoms with Gasteiger partial charge in [0.25, 0.3) is 0 Å². The fraction of sp³-hybridized carbons (Fsp3) is 0.278. The summed E-state index contributed by atoms with van der Waals surface area (Å²) in [6.07, 6.45) is 0.